The summed E-state index contributed by atoms with van der Waals surface area (Å²) in [6.07, 6.45) is 97.0. The molecule has 0 bridgehead atoms. The van der Waals surface area contributed by atoms with Crippen LogP contribution in [0.5, 0.6) is 0 Å². The second-order valence-electron chi connectivity index (χ2n) is 22.3. The summed E-state index contributed by atoms with van der Waals surface area (Å²) in [5.74, 6) is 0. The zero-order valence-corrected chi connectivity index (χ0v) is 45.0. The summed E-state index contributed by atoms with van der Waals surface area (Å²) in [5.41, 5.74) is 0. The lowest BCUT2D eigenvalue weighted by molar-refractivity contribution is 0.504. The van der Waals surface area contributed by atoms with Crippen molar-refractivity contribution >= 4 is 0 Å². The fraction of sp³-hybridized carbons (Fsp3) is 0.969. The molecule has 0 aliphatic heterocycles. The summed E-state index contributed by atoms with van der Waals surface area (Å²) in [4.78, 5) is 0. The molecule has 0 aromatic rings. The lowest BCUT2D eigenvalue weighted by Crippen LogP contribution is -1.85. The Morgan fingerprint density at radius 2 is 0.109 bits per heavy atom. The fourth-order valence-corrected chi connectivity index (χ4v) is 3.92. The molecule has 0 radical (unpaired) electrons. The van der Waals surface area contributed by atoms with Crippen LogP contribution in [0.15, 0.2) is 12.2 Å². The molecule has 15 saturated carbocycles. The van der Waals surface area contributed by atoms with E-state index in [2.05, 4.69) is 12.2 Å². The van der Waals surface area contributed by atoms with Gasteiger partial charge in [-0.1, -0.05) is 397 Å². The molecule has 0 heterocycles. The van der Waals surface area contributed by atoms with Crippen LogP contribution in [0.3, 0.4) is 0 Å². The van der Waals surface area contributed by atoms with Crippen molar-refractivity contribution in [1.82, 2.24) is 0 Å². The summed E-state index contributed by atoms with van der Waals surface area (Å²) in [5, 5.41) is 0. The van der Waals surface area contributed by atoms with Gasteiger partial charge in [-0.3, -0.25) is 0 Å². The van der Waals surface area contributed by atoms with Gasteiger partial charge in [-0.15, -0.1) is 0 Å². The minimum atomic E-state index is 1.32. The van der Waals surface area contributed by atoms with Gasteiger partial charge in [0.2, 0.25) is 0 Å². The largest absolute Gasteiger partial charge is 0.0882 e. The molecule has 0 unspecified atom stereocenters. The highest BCUT2D eigenvalue weighted by Gasteiger charge is 2.00. The molecule has 64 heavy (non-hydrogen) atoms. The van der Waals surface area contributed by atoms with E-state index in [1.54, 1.807) is 0 Å². The summed E-state index contributed by atoms with van der Waals surface area (Å²) in [7, 11) is 0. The van der Waals surface area contributed by atoms with Gasteiger partial charge in [-0.2, -0.15) is 0 Å². The third-order valence-corrected chi connectivity index (χ3v) is 15.7. The standard InChI is InChI=1S/15C4H8.C4H6/c16*1-2-4-3-1/h15*1-4H2;1-2H,3-4H2. The first-order valence-electron chi connectivity index (χ1n) is 31.6. The molecule has 15 fully saturated rings. The monoisotopic (exact) mass is 895 g/mol. The van der Waals surface area contributed by atoms with Crippen molar-refractivity contribution in [3.05, 3.63) is 12.2 Å². The quantitative estimate of drug-likeness (QED) is 0.213. The summed E-state index contributed by atoms with van der Waals surface area (Å²) in [6, 6.07) is 0. The van der Waals surface area contributed by atoms with Gasteiger partial charge in [0.05, 0.1) is 0 Å². The molecule has 0 saturated heterocycles. The van der Waals surface area contributed by atoms with Gasteiger partial charge in [0.1, 0.15) is 0 Å². The number of hydrogen-bond acceptors (Lipinski definition) is 0. The van der Waals surface area contributed by atoms with Crippen molar-refractivity contribution in [3.8, 4) is 0 Å². The lowest BCUT2D eigenvalue weighted by Gasteiger charge is -2.05. The predicted molar refractivity (Wildman–Crippen MR) is 295 cm³/mol. The van der Waals surface area contributed by atoms with Gasteiger partial charge in [-0.25, -0.2) is 0 Å². The van der Waals surface area contributed by atoms with Crippen molar-refractivity contribution in [1.29, 1.82) is 0 Å². The minimum absolute atomic E-state index is 1.32. The molecule has 0 heteroatoms. The lowest BCUT2D eigenvalue weighted by atomic mass is 10.0. The van der Waals surface area contributed by atoms with Gasteiger partial charge < -0.3 is 0 Å². The molecular weight excluding hydrogens is 769 g/mol. The molecule has 16 rings (SSSR count). The Morgan fingerprint density at radius 1 is 0.0781 bits per heavy atom. The van der Waals surface area contributed by atoms with Gasteiger partial charge in [0.15, 0.2) is 0 Å². The van der Waals surface area contributed by atoms with Crippen molar-refractivity contribution in [3.63, 3.8) is 0 Å². The second-order valence-corrected chi connectivity index (χ2v) is 22.3. The first-order valence-corrected chi connectivity index (χ1v) is 31.6. The Bertz CT molecular complexity index is 448. The van der Waals surface area contributed by atoms with E-state index in [-0.39, 0.29) is 0 Å². The minimum Gasteiger partial charge on any atom is -0.0882 e. The number of rotatable bonds is 0. The molecule has 0 aromatic heterocycles. The van der Waals surface area contributed by atoms with Crippen LogP contribution >= 0.6 is 0 Å². The molecule has 0 aromatic carbocycles. The molecule has 0 spiro atoms. The Kier molecular flexibility index (Phi) is 56.8. The van der Waals surface area contributed by atoms with Crippen molar-refractivity contribution in [2.75, 3.05) is 0 Å². The molecular formula is C64H126. The normalized spacial score (nSPS) is 23.8. The van der Waals surface area contributed by atoms with E-state index in [0.29, 0.717) is 0 Å². The van der Waals surface area contributed by atoms with E-state index in [9.17, 15) is 0 Å². The molecule has 0 amide bonds. The van der Waals surface area contributed by atoms with E-state index in [4.69, 9.17) is 0 Å². The topological polar surface area (TPSA) is 0 Å². The predicted octanol–water partition coefficient (Wildman–Crippen LogP) is 24.7. The van der Waals surface area contributed by atoms with E-state index >= 15 is 0 Å². The Hall–Kier alpha value is -0.260. The van der Waals surface area contributed by atoms with Crippen molar-refractivity contribution in [2.24, 2.45) is 0 Å². The molecule has 0 nitrogen and oxygen atoms in total. The first kappa shape index (κ1) is 61.8. The van der Waals surface area contributed by atoms with Crippen LogP contribution in [0.1, 0.15) is 398 Å². The Labute approximate surface area is 408 Å². The maximum atomic E-state index is 2.18. The van der Waals surface area contributed by atoms with Crippen LogP contribution in [0, 0.1) is 0 Å². The SMILES string of the molecule is C1=CCC1.C1CCC1.C1CCC1.C1CCC1.C1CCC1.C1CCC1.C1CCC1.C1CCC1.C1CCC1.C1CCC1.C1CCC1.C1CCC1.C1CCC1.C1CCC1.C1CCC1.C1CCC1. The van der Waals surface area contributed by atoms with Crippen molar-refractivity contribution in [2.45, 2.75) is 398 Å². The maximum Gasteiger partial charge on any atom is -0.0316 e. The summed E-state index contributed by atoms with van der Waals surface area (Å²) in [6.45, 7) is 0. The zero-order chi connectivity index (χ0) is 45.3. The maximum absolute atomic E-state index is 2.18. The zero-order valence-electron chi connectivity index (χ0n) is 45.0. The van der Waals surface area contributed by atoms with Crippen LogP contribution in [0.4, 0.5) is 0 Å². The molecule has 0 N–H and O–H groups in total. The molecule has 0 atom stereocenters. The van der Waals surface area contributed by atoms with Crippen molar-refractivity contribution < 1.29 is 0 Å². The van der Waals surface area contributed by atoms with E-state index in [1.165, 1.54) is 398 Å². The molecule has 16 aliphatic carbocycles. The molecule has 16 aliphatic rings. The van der Waals surface area contributed by atoms with Crippen LogP contribution in [0.25, 0.3) is 0 Å². The highest BCUT2D eigenvalue weighted by atomic mass is 14.1. The second kappa shape index (κ2) is 58.9. The number of allylic oxidation sites excluding steroid dienone is 2. The Morgan fingerprint density at radius 3 is 0.109 bits per heavy atom. The Balaban J connectivity index is 0.000000341. The van der Waals surface area contributed by atoms with Gasteiger partial charge in [0.25, 0.3) is 0 Å². The third-order valence-electron chi connectivity index (χ3n) is 15.7. The smallest absolute Gasteiger partial charge is 0.0316 e. The van der Waals surface area contributed by atoms with Crippen LogP contribution in [-0.2, 0) is 0 Å². The van der Waals surface area contributed by atoms with Crippen LogP contribution in [0.2, 0.25) is 0 Å². The highest BCUT2D eigenvalue weighted by Crippen LogP contribution is 2.20. The van der Waals surface area contributed by atoms with Gasteiger partial charge in [0, 0.05) is 0 Å². The average Bonchev–Trinajstić information content (AvgIpc) is 2.70. The van der Waals surface area contributed by atoms with Crippen LogP contribution < -0.4 is 0 Å². The first-order chi connectivity index (χ1) is 32.0. The molecule has 382 valence electrons. The third kappa shape index (κ3) is 56.1. The van der Waals surface area contributed by atoms with E-state index in [1.807, 2.05) is 0 Å². The fourth-order valence-electron chi connectivity index (χ4n) is 3.92. The van der Waals surface area contributed by atoms with E-state index in [0.717, 1.165) is 0 Å². The van der Waals surface area contributed by atoms with Gasteiger partial charge >= 0.3 is 0 Å². The van der Waals surface area contributed by atoms with Crippen LogP contribution in [-0.4, -0.2) is 0 Å². The average molecular weight is 896 g/mol. The number of hydrogen-bond donors (Lipinski definition) is 0. The summed E-state index contributed by atoms with van der Waals surface area (Å²) < 4.78 is 0. The van der Waals surface area contributed by atoms with Gasteiger partial charge in [-0.05, 0) is 12.8 Å². The summed E-state index contributed by atoms with van der Waals surface area (Å²) >= 11 is 0. The van der Waals surface area contributed by atoms with E-state index < -0.39 is 0 Å². The highest BCUT2D eigenvalue weighted by molar-refractivity contribution is 4.93.